The lowest BCUT2D eigenvalue weighted by Gasteiger charge is -2.23. The van der Waals surface area contributed by atoms with E-state index >= 15 is 0 Å². The van der Waals surface area contributed by atoms with E-state index in [0.717, 1.165) is 49.5 Å². The van der Waals surface area contributed by atoms with Gasteiger partial charge in [0.05, 0.1) is 12.1 Å². The summed E-state index contributed by atoms with van der Waals surface area (Å²) in [5, 5.41) is 8.89. The Morgan fingerprint density at radius 2 is 0.924 bits per heavy atom. The van der Waals surface area contributed by atoms with Crippen LogP contribution in [0.25, 0.3) is 21.7 Å². The van der Waals surface area contributed by atoms with E-state index in [2.05, 4.69) is 20.6 Å². The highest BCUT2D eigenvalue weighted by atomic mass is 16.2. The van der Waals surface area contributed by atoms with E-state index in [-0.39, 0.29) is 98.6 Å². The van der Waals surface area contributed by atoms with Gasteiger partial charge in [0.15, 0.2) is 23.3 Å². The molecule has 8 aromatic rings. The maximum Gasteiger partial charge on any atom is 0.224 e. The summed E-state index contributed by atoms with van der Waals surface area (Å²) < 4.78 is 0. The summed E-state index contributed by atoms with van der Waals surface area (Å²) in [5.41, 5.74) is 41.3. The zero-order chi connectivity index (χ0) is 66.3. The Labute approximate surface area is 535 Å². The van der Waals surface area contributed by atoms with Crippen molar-refractivity contribution in [1.29, 1.82) is 0 Å². The molecule has 6 atom stereocenters. The van der Waals surface area contributed by atoms with E-state index in [1.54, 1.807) is 97.1 Å². The predicted octanol–water partition coefficient (Wildman–Crippen LogP) is 7.94. The van der Waals surface area contributed by atoms with Crippen LogP contribution in [0.2, 0.25) is 0 Å². The Hall–Kier alpha value is -10.6. The molecule has 4 amide bonds. The van der Waals surface area contributed by atoms with Gasteiger partial charge in [-0.25, -0.2) is 0 Å². The maximum absolute atomic E-state index is 13.9. The van der Waals surface area contributed by atoms with Crippen LogP contribution in [0.1, 0.15) is 103 Å². The van der Waals surface area contributed by atoms with Crippen molar-refractivity contribution in [2.24, 2.45) is 51.6 Å². The second kappa shape index (κ2) is 33.9. The molecule has 0 radical (unpaired) electrons. The molecule has 0 aliphatic carbocycles. The first kappa shape index (κ1) is 68.9. The third kappa shape index (κ3) is 21.3. The summed E-state index contributed by atoms with van der Waals surface area (Å²) in [5.74, 6) is -6.18. The molecule has 1 aromatic heterocycles. The quantitative estimate of drug-likeness (QED) is 0.00621. The van der Waals surface area contributed by atoms with Gasteiger partial charge in [0.1, 0.15) is 11.6 Å². The number of aliphatic imine (C=N–C) groups is 1. The number of fused-ring (bicyclic) bond motifs is 2. The van der Waals surface area contributed by atoms with Gasteiger partial charge in [-0.2, -0.15) is 0 Å². The lowest BCUT2D eigenvalue weighted by atomic mass is 9.88. The van der Waals surface area contributed by atoms with Crippen LogP contribution < -0.4 is 45.0 Å². The van der Waals surface area contributed by atoms with Crippen molar-refractivity contribution in [2.45, 2.75) is 103 Å². The van der Waals surface area contributed by atoms with Crippen LogP contribution in [0, 0.1) is 23.7 Å². The molecular formula is C73H82N10O9. The Morgan fingerprint density at radius 1 is 0.457 bits per heavy atom. The van der Waals surface area contributed by atoms with Crippen LogP contribution >= 0.6 is 0 Å². The van der Waals surface area contributed by atoms with Gasteiger partial charge in [0.25, 0.3) is 0 Å². The first-order valence-corrected chi connectivity index (χ1v) is 30.8. The molecule has 19 heteroatoms. The van der Waals surface area contributed by atoms with Crippen LogP contribution in [-0.2, 0) is 70.5 Å². The number of benzene rings is 7. The van der Waals surface area contributed by atoms with Gasteiger partial charge in [0, 0.05) is 95.5 Å². The van der Waals surface area contributed by atoms with Gasteiger partial charge in [-0.3, -0.25) is 38.6 Å². The molecular weight excluding hydrogens is 1160 g/mol. The number of Topliss-reactive ketones (excluding diaryl/α,β-unsaturated/α-hetero) is 4. The SMILES string of the molecule is CC(=O)CC(Cc1ccc(C(=O)c2ccccc2)cc1)C(=O)NC(CCCCN=C(N)N)C(=O)CC(Cc1ccc(N)cc1)C(N)=O.CC(=O)CC(Cc1ccc2ccccc2c1)C(=O)NC(Cc1ccc(N)cc1)C(=O)CC(Cc1c[nH]c2ccccc12)C(N)=O. The number of amides is 4. The van der Waals surface area contributed by atoms with Gasteiger partial charge in [-0.15, -0.1) is 0 Å². The number of para-hydroxylation sites is 1. The second-order valence-electron chi connectivity index (χ2n) is 23.6. The highest BCUT2D eigenvalue weighted by Gasteiger charge is 2.32. The number of anilines is 2. The standard InChI is InChI=1S/C37H38N4O4.C36H44N6O5/c1-23(42)16-29(18-25-10-13-26-6-2-3-7-27(26)17-25)37(45)41-34(19-24-11-14-31(38)15-12-24)35(43)21-28(36(39)44)20-30-22-40-33-9-5-4-8-32(30)33;1-23(43)19-29(21-24-10-14-27(15-11-24)33(45)26-7-3-2-4-8-26)35(47)42-31(9-5-6-18-41-36(39)40)32(44)22-28(34(38)46)20-25-12-16-30(37)17-13-25/h2-15,17,22,28-29,34,40H,16,18-21,38H2,1H3,(H2,39,44)(H,41,45);2-4,7-8,10-17,28-29,31H,5-6,9,18-22,37H2,1H3,(H2,38,46)(H,42,47)(H4,39,40,41). The minimum atomic E-state index is -0.933. The van der Waals surface area contributed by atoms with E-state index in [1.165, 1.54) is 13.8 Å². The molecule has 0 saturated heterocycles. The summed E-state index contributed by atoms with van der Waals surface area (Å²) in [6.45, 7) is 3.22. The van der Waals surface area contributed by atoms with Crippen molar-refractivity contribution < 1.29 is 43.2 Å². The summed E-state index contributed by atoms with van der Waals surface area (Å²) in [7, 11) is 0. The first-order chi connectivity index (χ1) is 44.1. The molecule has 92 heavy (non-hydrogen) atoms. The topological polar surface area (TPSA) is 362 Å². The number of nitrogens with one attached hydrogen (secondary N) is 3. The van der Waals surface area contributed by atoms with Crippen LogP contribution in [0.4, 0.5) is 11.4 Å². The van der Waals surface area contributed by atoms with E-state index in [0.29, 0.717) is 48.3 Å². The number of primary amides is 2. The highest BCUT2D eigenvalue weighted by Crippen LogP contribution is 2.26. The van der Waals surface area contributed by atoms with Gasteiger partial charge < -0.3 is 59.6 Å². The number of aromatic nitrogens is 1. The molecule has 7 aromatic carbocycles. The van der Waals surface area contributed by atoms with Crippen LogP contribution in [0.3, 0.4) is 0 Å². The average molecular weight is 1240 g/mol. The molecule has 0 aliphatic heterocycles. The molecule has 19 nitrogen and oxygen atoms in total. The van der Waals surface area contributed by atoms with Crippen molar-refractivity contribution in [3.8, 4) is 0 Å². The second-order valence-corrected chi connectivity index (χ2v) is 23.6. The monoisotopic (exact) mass is 1240 g/mol. The maximum atomic E-state index is 13.9. The number of nitrogens with two attached hydrogens (primary N) is 6. The number of H-pyrrole nitrogens is 1. The van der Waals surface area contributed by atoms with Crippen molar-refractivity contribution in [3.63, 3.8) is 0 Å². The number of carbonyl (C=O) groups is 9. The van der Waals surface area contributed by atoms with Gasteiger partial charge in [0.2, 0.25) is 23.6 Å². The number of ketones is 5. The van der Waals surface area contributed by atoms with E-state index < -0.39 is 53.5 Å². The number of hydrogen-bond acceptors (Lipinski definition) is 12. The van der Waals surface area contributed by atoms with Crippen molar-refractivity contribution in [3.05, 3.63) is 215 Å². The van der Waals surface area contributed by atoms with Crippen molar-refractivity contribution >= 4 is 91.6 Å². The molecule has 8 rings (SSSR count). The molecule has 1 heterocycles. The largest absolute Gasteiger partial charge is 0.399 e. The Bertz CT molecular complexity index is 3900. The number of hydrogen-bond donors (Lipinski definition) is 9. The molecule has 0 bridgehead atoms. The zero-order valence-corrected chi connectivity index (χ0v) is 52.0. The number of guanidine groups is 1. The lowest BCUT2D eigenvalue weighted by molar-refractivity contribution is -0.133. The van der Waals surface area contributed by atoms with Gasteiger partial charge >= 0.3 is 0 Å². The van der Waals surface area contributed by atoms with Crippen molar-refractivity contribution in [2.75, 3.05) is 18.0 Å². The molecule has 6 unspecified atom stereocenters. The molecule has 0 saturated carbocycles. The summed E-state index contributed by atoms with van der Waals surface area (Å²) >= 11 is 0. The summed E-state index contributed by atoms with van der Waals surface area (Å²) in [6, 6.07) is 49.7. The molecule has 0 fully saturated rings. The Balaban J connectivity index is 0.000000261. The fourth-order valence-electron chi connectivity index (χ4n) is 11.2. The van der Waals surface area contributed by atoms with Crippen LogP contribution in [-0.4, -0.2) is 82.1 Å². The Kier molecular flexibility index (Phi) is 25.4. The molecule has 0 aliphatic rings. The lowest BCUT2D eigenvalue weighted by Crippen LogP contribution is -2.47. The predicted molar refractivity (Wildman–Crippen MR) is 359 cm³/mol. The van der Waals surface area contributed by atoms with E-state index in [1.807, 2.05) is 79.0 Å². The number of unbranched alkanes of at least 4 members (excludes halogenated alkanes) is 1. The normalized spacial score (nSPS) is 13.0. The van der Waals surface area contributed by atoms with Crippen LogP contribution in [0.5, 0.6) is 0 Å². The fraction of sp³-hybridized carbons (Fsp3) is 0.288. The minimum Gasteiger partial charge on any atom is -0.399 e. The first-order valence-electron chi connectivity index (χ1n) is 30.8. The fourth-order valence-corrected chi connectivity index (χ4v) is 11.2. The number of nitrogens with zero attached hydrogens (tertiary/aromatic N) is 1. The average Bonchev–Trinajstić information content (AvgIpc) is 1.57. The molecule has 0 spiro atoms. The zero-order valence-electron chi connectivity index (χ0n) is 52.0. The summed E-state index contributed by atoms with van der Waals surface area (Å²) in [6.07, 6.45) is 4.14. The summed E-state index contributed by atoms with van der Waals surface area (Å²) in [4.78, 5) is 124. The van der Waals surface area contributed by atoms with Crippen LogP contribution in [0.15, 0.2) is 181 Å². The Morgan fingerprint density at radius 3 is 1.50 bits per heavy atom. The van der Waals surface area contributed by atoms with E-state index in [9.17, 15) is 43.2 Å². The van der Waals surface area contributed by atoms with Crippen molar-refractivity contribution in [1.82, 2.24) is 15.6 Å². The number of aromatic amines is 1. The van der Waals surface area contributed by atoms with E-state index in [4.69, 9.17) is 34.4 Å². The molecule has 478 valence electrons. The van der Waals surface area contributed by atoms with Gasteiger partial charge in [-0.05, 0) is 134 Å². The number of carbonyl (C=O) groups excluding carboxylic acids is 9. The highest BCUT2D eigenvalue weighted by molar-refractivity contribution is 6.09. The number of rotatable bonds is 33. The smallest absolute Gasteiger partial charge is 0.224 e. The van der Waals surface area contributed by atoms with Gasteiger partial charge in [-0.1, -0.05) is 140 Å². The minimum absolute atomic E-state index is 0.0336. The number of nitrogen functional groups attached to an aromatic ring is 2. The molecule has 15 N–H and O–H groups in total. The third-order valence-corrected chi connectivity index (χ3v) is 16.2. The third-order valence-electron chi connectivity index (χ3n) is 16.2.